The van der Waals surface area contributed by atoms with Crippen LogP contribution in [-0.4, -0.2) is 46.7 Å². The molecule has 1 unspecified atom stereocenters. The van der Waals surface area contributed by atoms with Crippen molar-refractivity contribution in [2.24, 2.45) is 0 Å². The molecule has 104 valence electrons. The van der Waals surface area contributed by atoms with Gasteiger partial charge in [-0.1, -0.05) is 6.92 Å². The number of carbonyl (C=O) groups is 1. The van der Waals surface area contributed by atoms with E-state index in [9.17, 15) is 9.90 Å². The molecule has 0 aliphatic heterocycles. The van der Waals surface area contributed by atoms with Crippen molar-refractivity contribution >= 4 is 5.97 Å². The second-order valence-corrected chi connectivity index (χ2v) is 6.02. The number of hydrogen-bond acceptors (Lipinski definition) is 3. The first kappa shape index (κ1) is 13.8. The van der Waals surface area contributed by atoms with Crippen molar-refractivity contribution in [3.05, 3.63) is 0 Å². The molecule has 0 aromatic carbocycles. The van der Waals surface area contributed by atoms with Gasteiger partial charge in [-0.05, 0) is 58.5 Å². The largest absolute Gasteiger partial charge is 0.480 e. The van der Waals surface area contributed by atoms with E-state index in [1.165, 1.54) is 12.8 Å². The van der Waals surface area contributed by atoms with Gasteiger partial charge >= 0.3 is 5.97 Å². The summed E-state index contributed by atoms with van der Waals surface area (Å²) in [5.41, 5.74) is -0.732. The van der Waals surface area contributed by atoms with Crippen LogP contribution in [0.25, 0.3) is 0 Å². The number of carboxylic acid groups (broad SMARTS) is 1. The topological polar surface area (TPSA) is 52.6 Å². The molecule has 0 aromatic heterocycles. The zero-order valence-corrected chi connectivity index (χ0v) is 11.6. The zero-order valence-electron chi connectivity index (χ0n) is 11.6. The van der Waals surface area contributed by atoms with Crippen LogP contribution in [0, 0.1) is 0 Å². The molecule has 2 aliphatic rings. The van der Waals surface area contributed by atoms with E-state index in [-0.39, 0.29) is 0 Å². The standard InChI is InChI=1S/C14H26N2O2/c1-3-16(12-7-8-12)10-4-9-14(2,13(17)18)15-11-5-6-11/h11-12,15H,3-10H2,1-2H3,(H,17,18). The first-order valence-corrected chi connectivity index (χ1v) is 7.30. The number of rotatable bonds is 9. The fraction of sp³-hybridized carbons (Fsp3) is 0.929. The highest BCUT2D eigenvalue weighted by Gasteiger charge is 2.38. The van der Waals surface area contributed by atoms with E-state index in [1.54, 1.807) is 0 Å². The van der Waals surface area contributed by atoms with E-state index in [2.05, 4.69) is 17.1 Å². The Morgan fingerprint density at radius 1 is 1.39 bits per heavy atom. The summed E-state index contributed by atoms with van der Waals surface area (Å²) in [4.78, 5) is 13.9. The summed E-state index contributed by atoms with van der Waals surface area (Å²) in [6.07, 6.45) is 6.60. The van der Waals surface area contributed by atoms with E-state index in [0.29, 0.717) is 6.04 Å². The quantitative estimate of drug-likeness (QED) is 0.659. The van der Waals surface area contributed by atoms with Crippen LogP contribution < -0.4 is 5.32 Å². The lowest BCUT2D eigenvalue weighted by Gasteiger charge is -2.28. The molecule has 2 rings (SSSR count). The van der Waals surface area contributed by atoms with Crippen molar-refractivity contribution < 1.29 is 9.90 Å². The predicted molar refractivity (Wildman–Crippen MR) is 71.7 cm³/mol. The fourth-order valence-electron chi connectivity index (χ4n) is 2.59. The molecule has 0 aromatic rings. The molecular weight excluding hydrogens is 228 g/mol. The maximum Gasteiger partial charge on any atom is 0.323 e. The molecule has 0 bridgehead atoms. The Balaban J connectivity index is 1.75. The third kappa shape index (κ3) is 3.69. The smallest absolute Gasteiger partial charge is 0.323 e. The summed E-state index contributed by atoms with van der Waals surface area (Å²) in [6, 6.07) is 1.22. The summed E-state index contributed by atoms with van der Waals surface area (Å²) >= 11 is 0. The Labute approximate surface area is 110 Å². The van der Waals surface area contributed by atoms with Crippen LogP contribution in [0.3, 0.4) is 0 Å². The number of nitrogens with zero attached hydrogens (tertiary/aromatic N) is 1. The SMILES string of the molecule is CCN(CCCC(C)(NC1CC1)C(=O)O)C1CC1. The summed E-state index contributed by atoms with van der Waals surface area (Å²) in [5.74, 6) is -0.705. The maximum absolute atomic E-state index is 11.4. The van der Waals surface area contributed by atoms with Crippen molar-refractivity contribution in [3.63, 3.8) is 0 Å². The normalized spacial score (nSPS) is 23.1. The average molecular weight is 254 g/mol. The summed E-state index contributed by atoms with van der Waals surface area (Å²) in [5, 5.41) is 12.7. The Morgan fingerprint density at radius 3 is 2.50 bits per heavy atom. The molecule has 0 saturated heterocycles. The monoisotopic (exact) mass is 254 g/mol. The second-order valence-electron chi connectivity index (χ2n) is 6.02. The molecular formula is C14H26N2O2. The molecule has 0 amide bonds. The average Bonchev–Trinajstić information content (AvgIpc) is 3.16. The Hall–Kier alpha value is -0.610. The van der Waals surface area contributed by atoms with Gasteiger partial charge in [0, 0.05) is 12.1 Å². The van der Waals surface area contributed by atoms with E-state index < -0.39 is 11.5 Å². The van der Waals surface area contributed by atoms with Crippen LogP contribution in [-0.2, 0) is 4.79 Å². The summed E-state index contributed by atoms with van der Waals surface area (Å²) < 4.78 is 0. The summed E-state index contributed by atoms with van der Waals surface area (Å²) in [6.45, 7) is 6.15. The summed E-state index contributed by atoms with van der Waals surface area (Å²) in [7, 11) is 0. The molecule has 2 N–H and O–H groups in total. The van der Waals surface area contributed by atoms with Crippen molar-refractivity contribution in [2.75, 3.05) is 13.1 Å². The van der Waals surface area contributed by atoms with Crippen molar-refractivity contribution in [1.82, 2.24) is 10.2 Å². The first-order chi connectivity index (χ1) is 8.55. The van der Waals surface area contributed by atoms with Gasteiger partial charge in [0.25, 0.3) is 0 Å². The molecule has 2 fully saturated rings. The molecule has 4 heteroatoms. The van der Waals surface area contributed by atoms with Crippen LogP contribution in [0.2, 0.25) is 0 Å². The Bertz CT molecular complexity index is 300. The van der Waals surface area contributed by atoms with E-state index in [0.717, 1.165) is 44.8 Å². The molecule has 2 aliphatic carbocycles. The fourth-order valence-corrected chi connectivity index (χ4v) is 2.59. The molecule has 0 radical (unpaired) electrons. The van der Waals surface area contributed by atoms with Gasteiger partial charge < -0.3 is 10.0 Å². The van der Waals surface area contributed by atoms with Crippen LogP contribution in [0.5, 0.6) is 0 Å². The molecule has 1 atom stereocenters. The molecule has 2 saturated carbocycles. The third-order valence-corrected chi connectivity index (χ3v) is 4.16. The minimum Gasteiger partial charge on any atom is -0.480 e. The number of nitrogens with one attached hydrogen (secondary N) is 1. The van der Waals surface area contributed by atoms with Crippen LogP contribution in [0.1, 0.15) is 52.4 Å². The van der Waals surface area contributed by atoms with Crippen molar-refractivity contribution in [2.45, 2.75) is 70.0 Å². The van der Waals surface area contributed by atoms with Crippen LogP contribution in [0.15, 0.2) is 0 Å². The molecule has 0 spiro atoms. The Kier molecular flexibility index (Phi) is 4.28. The van der Waals surface area contributed by atoms with Gasteiger partial charge in [-0.25, -0.2) is 0 Å². The van der Waals surface area contributed by atoms with Crippen molar-refractivity contribution in [1.29, 1.82) is 0 Å². The zero-order chi connectivity index (χ0) is 13.2. The third-order valence-electron chi connectivity index (χ3n) is 4.16. The number of carboxylic acids is 1. The van der Waals surface area contributed by atoms with Gasteiger partial charge in [0.2, 0.25) is 0 Å². The number of hydrogen-bond donors (Lipinski definition) is 2. The lowest BCUT2D eigenvalue weighted by Crippen LogP contribution is -2.50. The predicted octanol–water partition coefficient (Wildman–Crippen LogP) is 1.85. The molecule has 18 heavy (non-hydrogen) atoms. The van der Waals surface area contributed by atoms with Gasteiger partial charge in [-0.3, -0.25) is 10.1 Å². The highest BCUT2D eigenvalue weighted by molar-refractivity contribution is 5.78. The van der Waals surface area contributed by atoms with Crippen LogP contribution >= 0.6 is 0 Å². The van der Waals surface area contributed by atoms with Gasteiger partial charge in [0.15, 0.2) is 0 Å². The lowest BCUT2D eigenvalue weighted by atomic mass is 9.95. The van der Waals surface area contributed by atoms with E-state index in [1.807, 2.05) is 6.92 Å². The number of aliphatic carboxylic acids is 1. The highest BCUT2D eigenvalue weighted by atomic mass is 16.4. The van der Waals surface area contributed by atoms with Gasteiger partial charge in [0.05, 0.1) is 0 Å². The molecule has 4 nitrogen and oxygen atoms in total. The Morgan fingerprint density at radius 2 is 2.06 bits per heavy atom. The minimum atomic E-state index is -0.732. The van der Waals surface area contributed by atoms with Gasteiger partial charge in [0.1, 0.15) is 5.54 Å². The van der Waals surface area contributed by atoms with Gasteiger partial charge in [-0.15, -0.1) is 0 Å². The second kappa shape index (κ2) is 5.57. The molecule has 0 heterocycles. The minimum absolute atomic E-state index is 0.441. The van der Waals surface area contributed by atoms with E-state index >= 15 is 0 Å². The maximum atomic E-state index is 11.4. The van der Waals surface area contributed by atoms with Gasteiger partial charge in [-0.2, -0.15) is 0 Å². The first-order valence-electron chi connectivity index (χ1n) is 7.30. The van der Waals surface area contributed by atoms with Crippen LogP contribution in [0.4, 0.5) is 0 Å². The highest BCUT2D eigenvalue weighted by Crippen LogP contribution is 2.28. The van der Waals surface area contributed by atoms with E-state index in [4.69, 9.17) is 0 Å². The lowest BCUT2D eigenvalue weighted by molar-refractivity contribution is -0.144. The van der Waals surface area contributed by atoms with Crippen molar-refractivity contribution in [3.8, 4) is 0 Å².